The van der Waals surface area contributed by atoms with E-state index in [1.54, 1.807) is 30.5 Å². The van der Waals surface area contributed by atoms with Crippen LogP contribution < -0.4 is 10.6 Å². The number of hydrogen-bond donors (Lipinski definition) is 2. The van der Waals surface area contributed by atoms with Crippen molar-refractivity contribution in [2.45, 2.75) is 6.92 Å². The monoisotopic (exact) mass is 244 g/mol. The first kappa shape index (κ1) is 11.8. The van der Waals surface area contributed by atoms with Gasteiger partial charge in [0, 0.05) is 30.7 Å². The van der Waals surface area contributed by atoms with Crippen molar-refractivity contribution in [3.05, 3.63) is 43.0 Å². The summed E-state index contributed by atoms with van der Waals surface area (Å²) in [5.74, 6) is -0.159. The summed E-state index contributed by atoms with van der Waals surface area (Å²) >= 11 is 0. The summed E-state index contributed by atoms with van der Waals surface area (Å²) in [5, 5.41) is 5.33. The molecule has 0 fully saturated rings. The molecule has 0 aliphatic carbocycles. The second-order valence-electron chi connectivity index (χ2n) is 3.66. The summed E-state index contributed by atoms with van der Waals surface area (Å²) < 4.78 is 1.32. The van der Waals surface area contributed by atoms with Gasteiger partial charge in [-0.05, 0) is 18.2 Å². The van der Waals surface area contributed by atoms with Crippen molar-refractivity contribution in [3.8, 4) is 0 Å². The first-order valence-electron chi connectivity index (χ1n) is 5.32. The highest BCUT2D eigenvalue weighted by Crippen LogP contribution is 2.15. The van der Waals surface area contributed by atoms with Crippen LogP contribution in [0.15, 0.2) is 43.0 Å². The molecule has 0 aliphatic heterocycles. The highest BCUT2D eigenvalue weighted by molar-refractivity contribution is 5.93. The van der Waals surface area contributed by atoms with Crippen LogP contribution in [0.3, 0.4) is 0 Å². The Morgan fingerprint density at radius 3 is 2.56 bits per heavy atom. The Hall–Kier alpha value is -2.63. The number of imidazole rings is 1. The van der Waals surface area contributed by atoms with Crippen molar-refractivity contribution < 1.29 is 9.59 Å². The molecule has 0 unspecified atom stereocenters. The zero-order valence-electron chi connectivity index (χ0n) is 9.75. The van der Waals surface area contributed by atoms with Crippen molar-refractivity contribution in [3.63, 3.8) is 0 Å². The Morgan fingerprint density at radius 2 is 1.94 bits per heavy atom. The van der Waals surface area contributed by atoms with E-state index in [0.29, 0.717) is 11.4 Å². The third kappa shape index (κ3) is 2.94. The Morgan fingerprint density at radius 1 is 1.22 bits per heavy atom. The molecule has 0 bridgehead atoms. The van der Waals surface area contributed by atoms with Gasteiger partial charge in [-0.2, -0.15) is 0 Å². The fraction of sp³-hybridized carbons (Fsp3) is 0.0833. The first-order chi connectivity index (χ1) is 8.65. The van der Waals surface area contributed by atoms with E-state index < -0.39 is 0 Å². The first-order valence-corrected chi connectivity index (χ1v) is 5.32. The standard InChI is InChI=1S/C12H12N4O2/c1-9(17)14-10-3-2-4-11(7-10)15-12(18)16-6-5-13-8-16/h2-8H,1H3,(H,14,17)(H,15,18). The molecular formula is C12H12N4O2. The summed E-state index contributed by atoms with van der Waals surface area (Å²) in [7, 11) is 0. The molecule has 1 aromatic carbocycles. The van der Waals surface area contributed by atoms with Crippen LogP contribution in [0.4, 0.5) is 16.2 Å². The molecule has 2 N–H and O–H groups in total. The number of benzene rings is 1. The maximum absolute atomic E-state index is 11.7. The summed E-state index contributed by atoms with van der Waals surface area (Å²) in [6.07, 6.45) is 4.48. The van der Waals surface area contributed by atoms with E-state index in [0.717, 1.165) is 0 Å². The molecule has 0 radical (unpaired) electrons. The summed E-state index contributed by atoms with van der Waals surface area (Å²) in [6.45, 7) is 1.43. The van der Waals surface area contributed by atoms with Crippen LogP contribution in [-0.2, 0) is 4.79 Å². The van der Waals surface area contributed by atoms with Gasteiger partial charge in [-0.1, -0.05) is 6.07 Å². The van der Waals surface area contributed by atoms with Crippen molar-refractivity contribution >= 4 is 23.3 Å². The fourth-order valence-corrected chi connectivity index (χ4v) is 1.45. The SMILES string of the molecule is CC(=O)Nc1cccc(NC(=O)n2ccnc2)c1. The third-order valence-electron chi connectivity index (χ3n) is 2.17. The Labute approximate surface area is 104 Å². The number of hydrogen-bond acceptors (Lipinski definition) is 3. The second-order valence-corrected chi connectivity index (χ2v) is 3.66. The van der Waals surface area contributed by atoms with Gasteiger partial charge in [-0.3, -0.25) is 9.36 Å². The van der Waals surface area contributed by atoms with Gasteiger partial charge in [0.2, 0.25) is 5.91 Å². The molecule has 1 heterocycles. The number of nitrogens with zero attached hydrogens (tertiary/aromatic N) is 2. The average molecular weight is 244 g/mol. The van der Waals surface area contributed by atoms with E-state index in [-0.39, 0.29) is 11.9 Å². The van der Waals surface area contributed by atoms with Gasteiger partial charge in [0.05, 0.1) is 0 Å². The summed E-state index contributed by atoms with van der Waals surface area (Å²) in [5.41, 5.74) is 1.23. The van der Waals surface area contributed by atoms with Crippen LogP contribution >= 0.6 is 0 Å². The molecule has 6 nitrogen and oxygen atoms in total. The molecule has 0 atom stereocenters. The minimum absolute atomic E-state index is 0.159. The molecule has 18 heavy (non-hydrogen) atoms. The van der Waals surface area contributed by atoms with Crippen LogP contribution in [-0.4, -0.2) is 21.5 Å². The molecule has 0 aliphatic rings. The van der Waals surface area contributed by atoms with Gasteiger partial charge in [-0.15, -0.1) is 0 Å². The minimum Gasteiger partial charge on any atom is -0.326 e. The molecule has 2 rings (SSSR count). The van der Waals surface area contributed by atoms with Gasteiger partial charge < -0.3 is 10.6 Å². The van der Waals surface area contributed by atoms with E-state index >= 15 is 0 Å². The van der Waals surface area contributed by atoms with Gasteiger partial charge in [0.25, 0.3) is 0 Å². The third-order valence-corrected chi connectivity index (χ3v) is 2.17. The smallest absolute Gasteiger partial charge is 0.326 e. The molecule has 0 saturated heterocycles. The number of anilines is 2. The predicted octanol–water partition coefficient (Wildman–Crippen LogP) is 1.92. The topological polar surface area (TPSA) is 76.0 Å². The van der Waals surface area contributed by atoms with Crippen LogP contribution in [0.25, 0.3) is 0 Å². The van der Waals surface area contributed by atoms with Crippen molar-refractivity contribution in [2.75, 3.05) is 10.6 Å². The predicted molar refractivity (Wildman–Crippen MR) is 67.4 cm³/mol. The largest absolute Gasteiger partial charge is 0.331 e. The second kappa shape index (κ2) is 5.13. The van der Waals surface area contributed by atoms with Gasteiger partial charge >= 0.3 is 6.03 Å². The maximum atomic E-state index is 11.7. The number of amides is 2. The van der Waals surface area contributed by atoms with E-state index in [2.05, 4.69) is 15.6 Å². The van der Waals surface area contributed by atoms with Gasteiger partial charge in [-0.25, -0.2) is 9.78 Å². The van der Waals surface area contributed by atoms with Crippen LogP contribution in [0, 0.1) is 0 Å². The number of aromatic nitrogens is 2. The summed E-state index contributed by atoms with van der Waals surface area (Å²) in [4.78, 5) is 26.4. The van der Waals surface area contributed by atoms with Crippen molar-refractivity contribution in [1.82, 2.24) is 9.55 Å². The number of carbonyl (C=O) groups excluding carboxylic acids is 2. The van der Waals surface area contributed by atoms with E-state index in [1.807, 2.05) is 0 Å². The quantitative estimate of drug-likeness (QED) is 0.847. The van der Waals surface area contributed by atoms with Gasteiger partial charge in [0.1, 0.15) is 6.33 Å². The lowest BCUT2D eigenvalue weighted by Crippen LogP contribution is -2.17. The minimum atomic E-state index is -0.313. The van der Waals surface area contributed by atoms with Gasteiger partial charge in [0.15, 0.2) is 0 Å². The zero-order chi connectivity index (χ0) is 13.0. The molecule has 1 aromatic heterocycles. The van der Waals surface area contributed by atoms with Crippen LogP contribution in [0.2, 0.25) is 0 Å². The molecule has 2 aromatic rings. The average Bonchev–Trinajstić information content (AvgIpc) is 2.81. The van der Waals surface area contributed by atoms with Crippen molar-refractivity contribution in [1.29, 1.82) is 0 Å². The molecule has 0 saturated carbocycles. The lowest BCUT2D eigenvalue weighted by Gasteiger charge is -2.07. The van der Waals surface area contributed by atoms with E-state index in [1.165, 1.54) is 24.0 Å². The lowest BCUT2D eigenvalue weighted by molar-refractivity contribution is -0.114. The summed E-state index contributed by atoms with van der Waals surface area (Å²) in [6, 6.07) is 6.59. The molecule has 92 valence electrons. The normalized spacial score (nSPS) is 9.83. The molecule has 0 spiro atoms. The van der Waals surface area contributed by atoms with Crippen LogP contribution in [0.5, 0.6) is 0 Å². The number of nitrogens with one attached hydrogen (secondary N) is 2. The highest BCUT2D eigenvalue weighted by Gasteiger charge is 2.04. The highest BCUT2D eigenvalue weighted by atomic mass is 16.2. The maximum Gasteiger partial charge on any atom is 0.331 e. The Balaban J connectivity index is 2.10. The Kier molecular flexibility index (Phi) is 3.38. The molecule has 6 heteroatoms. The Bertz CT molecular complexity index is 563. The lowest BCUT2D eigenvalue weighted by atomic mass is 10.3. The zero-order valence-corrected chi connectivity index (χ0v) is 9.75. The fourth-order valence-electron chi connectivity index (χ4n) is 1.45. The molecule has 2 amide bonds. The van der Waals surface area contributed by atoms with E-state index in [4.69, 9.17) is 0 Å². The van der Waals surface area contributed by atoms with E-state index in [9.17, 15) is 9.59 Å². The van der Waals surface area contributed by atoms with Crippen molar-refractivity contribution in [2.24, 2.45) is 0 Å². The van der Waals surface area contributed by atoms with Crippen LogP contribution in [0.1, 0.15) is 6.92 Å². The number of carbonyl (C=O) groups is 2. The molecular weight excluding hydrogens is 232 g/mol. The number of rotatable bonds is 2.